The fraction of sp³-hybridized carbons (Fsp3) is 0.304. The summed E-state index contributed by atoms with van der Waals surface area (Å²) in [5.74, 6) is 1.31. The summed E-state index contributed by atoms with van der Waals surface area (Å²) in [6, 6.07) is 15.8. The number of benzene rings is 2. The molecule has 0 N–H and O–H groups in total. The zero-order valence-electron chi connectivity index (χ0n) is 16.9. The first-order valence-corrected chi connectivity index (χ1v) is 11.0. The Balaban J connectivity index is 1.80. The van der Waals surface area contributed by atoms with Crippen LogP contribution in [-0.4, -0.2) is 27.8 Å². The summed E-state index contributed by atoms with van der Waals surface area (Å²) in [5, 5.41) is 0. The fourth-order valence-corrected chi connectivity index (χ4v) is 4.39. The van der Waals surface area contributed by atoms with Gasteiger partial charge in [0.2, 0.25) is 0 Å². The van der Waals surface area contributed by atoms with Crippen molar-refractivity contribution in [1.82, 2.24) is 4.90 Å². The topological polar surface area (TPSA) is 38.8 Å². The van der Waals surface area contributed by atoms with E-state index in [4.69, 9.17) is 21.7 Å². The second-order valence-electron chi connectivity index (χ2n) is 6.72. The number of carbonyl (C=O) groups excluding carboxylic acids is 1. The van der Waals surface area contributed by atoms with Gasteiger partial charge in [0.25, 0.3) is 5.91 Å². The Morgan fingerprint density at radius 2 is 1.86 bits per heavy atom. The SMILES string of the molecule is CCOc1cc(/C=C2\SC(=S)N([C@@H](C)CC)C2=O)ccc1OCc1ccccc1. The van der Waals surface area contributed by atoms with Gasteiger partial charge in [-0.2, -0.15) is 0 Å². The van der Waals surface area contributed by atoms with Gasteiger partial charge in [0, 0.05) is 6.04 Å². The lowest BCUT2D eigenvalue weighted by atomic mass is 10.1. The number of nitrogens with zero attached hydrogens (tertiary/aromatic N) is 1. The molecule has 2 aromatic carbocycles. The van der Waals surface area contributed by atoms with Crippen molar-refractivity contribution in [2.75, 3.05) is 6.61 Å². The lowest BCUT2D eigenvalue weighted by Crippen LogP contribution is -2.36. The van der Waals surface area contributed by atoms with Crippen LogP contribution in [0.5, 0.6) is 11.5 Å². The molecule has 1 atom stereocenters. The average Bonchev–Trinajstić information content (AvgIpc) is 3.01. The Morgan fingerprint density at radius 1 is 1.10 bits per heavy atom. The van der Waals surface area contributed by atoms with Crippen LogP contribution >= 0.6 is 24.0 Å². The van der Waals surface area contributed by atoms with Crippen molar-refractivity contribution in [2.24, 2.45) is 0 Å². The third-order valence-electron chi connectivity index (χ3n) is 4.66. The van der Waals surface area contributed by atoms with Gasteiger partial charge in [-0.3, -0.25) is 9.69 Å². The summed E-state index contributed by atoms with van der Waals surface area (Å²) in [4.78, 5) is 15.1. The van der Waals surface area contributed by atoms with Crippen LogP contribution in [-0.2, 0) is 11.4 Å². The van der Waals surface area contributed by atoms with Crippen molar-refractivity contribution in [3.05, 3.63) is 64.6 Å². The molecule has 1 fully saturated rings. The standard InChI is InChI=1S/C23H25NO3S2/c1-4-16(3)24-22(25)21(29-23(24)28)14-18-11-12-19(20(13-18)26-5-2)27-15-17-9-7-6-8-10-17/h6-14,16H,4-5,15H2,1-3H3/b21-14-/t16-/m0/s1. The first-order valence-electron chi connectivity index (χ1n) is 9.74. The number of amides is 1. The number of rotatable bonds is 8. The van der Waals surface area contributed by atoms with Gasteiger partial charge in [0.05, 0.1) is 11.5 Å². The molecule has 0 saturated carbocycles. The average molecular weight is 428 g/mol. The van der Waals surface area contributed by atoms with Gasteiger partial charge < -0.3 is 9.47 Å². The van der Waals surface area contributed by atoms with Gasteiger partial charge in [-0.05, 0) is 49.6 Å². The molecule has 0 aromatic heterocycles. The molecule has 2 aromatic rings. The molecule has 1 heterocycles. The Labute approximate surface area is 181 Å². The van der Waals surface area contributed by atoms with Gasteiger partial charge in [0.15, 0.2) is 11.5 Å². The van der Waals surface area contributed by atoms with Crippen LogP contribution < -0.4 is 9.47 Å². The van der Waals surface area contributed by atoms with Crippen molar-refractivity contribution in [2.45, 2.75) is 39.8 Å². The Morgan fingerprint density at radius 3 is 2.55 bits per heavy atom. The van der Waals surface area contributed by atoms with Gasteiger partial charge >= 0.3 is 0 Å². The molecule has 6 heteroatoms. The maximum absolute atomic E-state index is 12.8. The molecular formula is C23H25NO3S2. The second kappa shape index (κ2) is 9.94. The van der Waals surface area contributed by atoms with Crippen molar-refractivity contribution in [3.63, 3.8) is 0 Å². The van der Waals surface area contributed by atoms with E-state index in [1.165, 1.54) is 11.8 Å². The van der Waals surface area contributed by atoms with Crippen LogP contribution in [0.4, 0.5) is 0 Å². The van der Waals surface area contributed by atoms with Crippen molar-refractivity contribution in [1.29, 1.82) is 0 Å². The highest BCUT2D eigenvalue weighted by Crippen LogP contribution is 2.36. The molecule has 0 aliphatic carbocycles. The predicted molar refractivity (Wildman–Crippen MR) is 123 cm³/mol. The number of thiocarbonyl (C=S) groups is 1. The van der Waals surface area contributed by atoms with Crippen molar-refractivity contribution < 1.29 is 14.3 Å². The van der Waals surface area contributed by atoms with Crippen LogP contribution in [0.3, 0.4) is 0 Å². The van der Waals surface area contributed by atoms with E-state index >= 15 is 0 Å². The predicted octanol–water partition coefficient (Wildman–Crippen LogP) is 5.66. The van der Waals surface area contributed by atoms with Crippen LogP contribution in [0, 0.1) is 0 Å². The molecule has 0 radical (unpaired) electrons. The maximum atomic E-state index is 12.8. The fourth-order valence-electron chi connectivity index (χ4n) is 2.93. The quantitative estimate of drug-likeness (QED) is 0.401. The van der Waals surface area contributed by atoms with E-state index in [9.17, 15) is 4.79 Å². The molecule has 1 aliphatic heterocycles. The zero-order valence-corrected chi connectivity index (χ0v) is 18.5. The molecule has 0 bridgehead atoms. The van der Waals surface area contributed by atoms with Gasteiger partial charge in [-0.25, -0.2) is 0 Å². The van der Waals surface area contributed by atoms with Gasteiger partial charge in [-0.1, -0.05) is 67.3 Å². The smallest absolute Gasteiger partial charge is 0.266 e. The molecule has 4 nitrogen and oxygen atoms in total. The Bertz CT molecular complexity index is 912. The lowest BCUT2D eigenvalue weighted by molar-refractivity contribution is -0.123. The molecule has 3 rings (SSSR count). The normalized spacial score (nSPS) is 16.4. The number of hydrogen-bond acceptors (Lipinski definition) is 5. The van der Waals surface area contributed by atoms with Crippen molar-refractivity contribution >= 4 is 40.3 Å². The zero-order chi connectivity index (χ0) is 20.8. The Kier molecular flexibility index (Phi) is 7.34. The molecule has 1 aliphatic rings. The molecule has 29 heavy (non-hydrogen) atoms. The first-order chi connectivity index (χ1) is 14.0. The van der Waals surface area contributed by atoms with E-state index in [0.29, 0.717) is 33.9 Å². The summed E-state index contributed by atoms with van der Waals surface area (Å²) in [7, 11) is 0. The highest BCUT2D eigenvalue weighted by Gasteiger charge is 2.34. The lowest BCUT2D eigenvalue weighted by Gasteiger charge is -2.21. The van der Waals surface area contributed by atoms with E-state index in [2.05, 4.69) is 6.92 Å². The summed E-state index contributed by atoms with van der Waals surface area (Å²) >= 11 is 6.75. The minimum Gasteiger partial charge on any atom is -0.490 e. The maximum Gasteiger partial charge on any atom is 0.266 e. The minimum atomic E-state index is -0.0308. The number of hydrogen-bond donors (Lipinski definition) is 0. The number of ether oxygens (including phenoxy) is 2. The third-order valence-corrected chi connectivity index (χ3v) is 5.99. The van der Waals surface area contributed by atoms with E-state index in [1.54, 1.807) is 4.90 Å². The molecular weight excluding hydrogens is 402 g/mol. The largest absolute Gasteiger partial charge is 0.490 e. The Hall–Kier alpha value is -2.31. The summed E-state index contributed by atoms with van der Waals surface area (Å²) in [5.41, 5.74) is 1.97. The summed E-state index contributed by atoms with van der Waals surface area (Å²) < 4.78 is 12.3. The molecule has 1 amide bonds. The number of thioether (sulfide) groups is 1. The first kappa shape index (κ1) is 21.4. The second-order valence-corrected chi connectivity index (χ2v) is 8.40. The van der Waals surface area contributed by atoms with Crippen LogP contribution in [0.1, 0.15) is 38.3 Å². The van der Waals surface area contributed by atoms with Crippen LogP contribution in [0.2, 0.25) is 0 Å². The van der Waals surface area contributed by atoms with Crippen LogP contribution in [0.15, 0.2) is 53.4 Å². The van der Waals surface area contributed by atoms with E-state index in [-0.39, 0.29) is 11.9 Å². The van der Waals surface area contributed by atoms with E-state index < -0.39 is 0 Å². The summed E-state index contributed by atoms with van der Waals surface area (Å²) in [6.07, 6.45) is 2.73. The third kappa shape index (κ3) is 5.19. The molecule has 1 saturated heterocycles. The monoisotopic (exact) mass is 427 g/mol. The van der Waals surface area contributed by atoms with E-state index in [0.717, 1.165) is 17.5 Å². The molecule has 0 spiro atoms. The van der Waals surface area contributed by atoms with E-state index in [1.807, 2.05) is 68.5 Å². The minimum absolute atomic E-state index is 0.0308. The summed E-state index contributed by atoms with van der Waals surface area (Å²) in [6.45, 7) is 7.00. The number of carbonyl (C=O) groups is 1. The van der Waals surface area contributed by atoms with Gasteiger partial charge in [-0.15, -0.1) is 0 Å². The van der Waals surface area contributed by atoms with Gasteiger partial charge in [0.1, 0.15) is 10.9 Å². The highest BCUT2D eigenvalue weighted by molar-refractivity contribution is 8.26. The van der Waals surface area contributed by atoms with Crippen LogP contribution in [0.25, 0.3) is 6.08 Å². The molecule has 152 valence electrons. The highest BCUT2D eigenvalue weighted by atomic mass is 32.2. The molecule has 0 unspecified atom stereocenters. The van der Waals surface area contributed by atoms with Crippen molar-refractivity contribution in [3.8, 4) is 11.5 Å².